The van der Waals surface area contributed by atoms with E-state index in [-0.39, 0.29) is 17.6 Å². The highest BCUT2D eigenvalue weighted by atomic mass is 35.5. The van der Waals surface area contributed by atoms with Crippen LogP contribution in [0.15, 0.2) is 88.8 Å². The van der Waals surface area contributed by atoms with Crippen molar-refractivity contribution < 1.29 is 9.59 Å². The van der Waals surface area contributed by atoms with Crippen molar-refractivity contribution in [2.24, 2.45) is 9.98 Å². The number of nitrogens with zero attached hydrogens (tertiary/aromatic N) is 3. The number of amidine groups is 2. The summed E-state index contributed by atoms with van der Waals surface area (Å²) in [6.45, 7) is 0. The van der Waals surface area contributed by atoms with Gasteiger partial charge in [-0.25, -0.2) is 14.9 Å². The Kier molecular flexibility index (Phi) is 5.51. The van der Waals surface area contributed by atoms with Crippen LogP contribution in [0.25, 0.3) is 0 Å². The molecule has 0 bridgehead atoms. The standard InChI is InChI=1S/C24H17ClN4O2S/c25-17-11-5-7-13-19(17)26-20(30)14-32-24-27-18-12-6-4-10-16(18)22-28-21(23(31)29(22)24)15-8-2-1-3-9-15/h1-13,21H,14H2,(H,26,30). The van der Waals surface area contributed by atoms with Crippen molar-refractivity contribution in [2.45, 2.75) is 6.04 Å². The van der Waals surface area contributed by atoms with E-state index in [4.69, 9.17) is 16.6 Å². The Hall–Kier alpha value is -3.42. The van der Waals surface area contributed by atoms with Gasteiger partial charge in [0.15, 0.2) is 11.2 Å². The van der Waals surface area contributed by atoms with E-state index in [9.17, 15) is 9.59 Å². The lowest BCUT2D eigenvalue weighted by Crippen LogP contribution is -2.40. The number of halogens is 1. The normalized spacial score (nSPS) is 16.7. The molecule has 0 radical (unpaired) electrons. The quantitative estimate of drug-likeness (QED) is 0.592. The third-order valence-electron chi connectivity index (χ3n) is 5.07. The van der Waals surface area contributed by atoms with Crippen LogP contribution < -0.4 is 5.32 Å². The molecule has 2 aliphatic heterocycles. The van der Waals surface area contributed by atoms with Crippen LogP contribution in [0.5, 0.6) is 0 Å². The molecule has 3 aromatic carbocycles. The number of hydrogen-bond acceptors (Lipinski definition) is 5. The maximum Gasteiger partial charge on any atom is 0.263 e. The van der Waals surface area contributed by atoms with E-state index in [1.807, 2.05) is 54.6 Å². The summed E-state index contributed by atoms with van der Waals surface area (Å²) < 4.78 is 0. The molecule has 0 aliphatic carbocycles. The maximum absolute atomic E-state index is 13.3. The van der Waals surface area contributed by atoms with Gasteiger partial charge in [0.1, 0.15) is 5.84 Å². The molecule has 0 aromatic heterocycles. The Morgan fingerprint density at radius 1 is 1.00 bits per heavy atom. The van der Waals surface area contributed by atoms with Crippen molar-refractivity contribution in [3.05, 3.63) is 95.0 Å². The number of hydrogen-bond donors (Lipinski definition) is 1. The van der Waals surface area contributed by atoms with Gasteiger partial charge < -0.3 is 5.32 Å². The Morgan fingerprint density at radius 2 is 1.72 bits per heavy atom. The molecule has 8 heteroatoms. The molecule has 5 rings (SSSR count). The topological polar surface area (TPSA) is 74.1 Å². The van der Waals surface area contributed by atoms with E-state index < -0.39 is 6.04 Å². The molecule has 0 saturated carbocycles. The number of fused-ring (bicyclic) bond motifs is 3. The van der Waals surface area contributed by atoms with Crippen molar-refractivity contribution in [1.82, 2.24) is 4.90 Å². The number of rotatable bonds is 4. The first-order valence-corrected chi connectivity index (χ1v) is 11.3. The molecule has 1 atom stereocenters. The summed E-state index contributed by atoms with van der Waals surface area (Å²) in [5.74, 6) is 0.204. The number of nitrogens with one attached hydrogen (secondary N) is 1. The van der Waals surface area contributed by atoms with Crippen LogP contribution in [-0.2, 0) is 9.59 Å². The molecule has 3 aromatic rings. The van der Waals surface area contributed by atoms with Crippen LogP contribution in [0.4, 0.5) is 11.4 Å². The predicted molar refractivity (Wildman–Crippen MR) is 129 cm³/mol. The summed E-state index contributed by atoms with van der Waals surface area (Å²) in [5, 5.41) is 3.69. The Labute approximate surface area is 194 Å². The Bertz CT molecular complexity index is 1280. The minimum Gasteiger partial charge on any atom is -0.324 e. The second-order valence-corrected chi connectivity index (χ2v) is 8.52. The number of thioether (sulfide) groups is 1. The highest BCUT2D eigenvalue weighted by molar-refractivity contribution is 8.14. The lowest BCUT2D eigenvalue weighted by molar-refractivity contribution is -0.124. The molecular weight excluding hydrogens is 444 g/mol. The molecule has 2 heterocycles. The van der Waals surface area contributed by atoms with E-state index in [2.05, 4.69) is 10.3 Å². The maximum atomic E-state index is 13.3. The van der Waals surface area contributed by atoms with Crippen LogP contribution in [0.2, 0.25) is 5.02 Å². The van der Waals surface area contributed by atoms with Gasteiger partial charge >= 0.3 is 0 Å². The van der Waals surface area contributed by atoms with Gasteiger partial charge in [-0.3, -0.25) is 9.59 Å². The SMILES string of the molecule is O=C(CSC1=Nc2ccccc2C2=NC(c3ccccc3)C(=O)N12)Nc1ccccc1Cl. The first kappa shape index (κ1) is 20.5. The summed E-state index contributed by atoms with van der Waals surface area (Å²) in [7, 11) is 0. The molecule has 1 unspecified atom stereocenters. The number of carbonyl (C=O) groups is 2. The lowest BCUT2D eigenvalue weighted by atomic mass is 10.1. The number of para-hydroxylation sites is 2. The summed E-state index contributed by atoms with van der Waals surface area (Å²) in [6, 6.07) is 23.4. The summed E-state index contributed by atoms with van der Waals surface area (Å²) in [5.41, 5.74) is 2.87. The Balaban J connectivity index is 1.41. The molecule has 0 spiro atoms. The molecule has 2 aliphatic rings. The summed E-state index contributed by atoms with van der Waals surface area (Å²) >= 11 is 7.32. The van der Waals surface area contributed by atoms with E-state index >= 15 is 0 Å². The minimum atomic E-state index is -0.639. The first-order chi connectivity index (χ1) is 15.6. The number of benzene rings is 3. The van der Waals surface area contributed by atoms with Crippen molar-refractivity contribution in [3.63, 3.8) is 0 Å². The predicted octanol–water partition coefficient (Wildman–Crippen LogP) is 5.04. The second-order valence-electron chi connectivity index (χ2n) is 7.17. The fourth-order valence-electron chi connectivity index (χ4n) is 3.58. The van der Waals surface area contributed by atoms with Crippen molar-refractivity contribution in [2.75, 3.05) is 11.1 Å². The van der Waals surface area contributed by atoms with Crippen LogP contribution in [-0.4, -0.2) is 33.5 Å². The third-order valence-corrected chi connectivity index (χ3v) is 6.33. The van der Waals surface area contributed by atoms with E-state index in [1.165, 1.54) is 16.7 Å². The molecule has 1 N–H and O–H groups in total. The van der Waals surface area contributed by atoms with Crippen LogP contribution in [0.1, 0.15) is 17.2 Å². The minimum absolute atomic E-state index is 0.0687. The van der Waals surface area contributed by atoms with Gasteiger partial charge in [0.25, 0.3) is 5.91 Å². The fourth-order valence-corrected chi connectivity index (χ4v) is 4.56. The van der Waals surface area contributed by atoms with Gasteiger partial charge in [0.2, 0.25) is 5.91 Å². The molecule has 158 valence electrons. The average molecular weight is 461 g/mol. The largest absolute Gasteiger partial charge is 0.324 e. The first-order valence-electron chi connectivity index (χ1n) is 9.94. The van der Waals surface area contributed by atoms with Gasteiger partial charge in [-0.2, -0.15) is 0 Å². The van der Waals surface area contributed by atoms with Gasteiger partial charge in [-0.05, 0) is 29.8 Å². The van der Waals surface area contributed by atoms with Crippen molar-refractivity contribution in [3.8, 4) is 0 Å². The van der Waals surface area contributed by atoms with E-state index in [0.29, 0.717) is 21.7 Å². The van der Waals surface area contributed by atoms with Gasteiger partial charge in [0.05, 0.1) is 22.2 Å². The van der Waals surface area contributed by atoms with Crippen molar-refractivity contribution in [1.29, 1.82) is 0 Å². The lowest BCUT2D eigenvalue weighted by Gasteiger charge is -2.25. The third kappa shape index (κ3) is 3.81. The summed E-state index contributed by atoms with van der Waals surface area (Å²) in [6.07, 6.45) is 0. The summed E-state index contributed by atoms with van der Waals surface area (Å²) in [4.78, 5) is 36.8. The number of aliphatic imine (C=N–C) groups is 2. The monoisotopic (exact) mass is 460 g/mol. The van der Waals surface area contributed by atoms with Crippen LogP contribution >= 0.6 is 23.4 Å². The smallest absolute Gasteiger partial charge is 0.263 e. The average Bonchev–Trinajstić information content (AvgIpc) is 3.17. The highest BCUT2D eigenvalue weighted by Crippen LogP contribution is 2.37. The number of anilines is 1. The molecule has 0 fully saturated rings. The van der Waals surface area contributed by atoms with Crippen molar-refractivity contribution >= 4 is 57.6 Å². The van der Waals surface area contributed by atoms with Crippen LogP contribution in [0.3, 0.4) is 0 Å². The zero-order valence-corrected chi connectivity index (χ0v) is 18.3. The molecule has 6 nitrogen and oxygen atoms in total. The number of carbonyl (C=O) groups excluding carboxylic acids is 2. The Morgan fingerprint density at radius 3 is 2.53 bits per heavy atom. The van der Waals surface area contributed by atoms with Gasteiger partial charge in [0, 0.05) is 5.56 Å². The van der Waals surface area contributed by atoms with E-state index in [0.717, 1.165) is 16.8 Å². The highest BCUT2D eigenvalue weighted by Gasteiger charge is 2.42. The molecule has 32 heavy (non-hydrogen) atoms. The van der Waals surface area contributed by atoms with Crippen LogP contribution in [0, 0.1) is 0 Å². The van der Waals surface area contributed by atoms with Gasteiger partial charge in [-0.15, -0.1) is 0 Å². The van der Waals surface area contributed by atoms with Gasteiger partial charge in [-0.1, -0.05) is 78.0 Å². The number of amides is 2. The van der Waals surface area contributed by atoms with E-state index in [1.54, 1.807) is 24.3 Å². The molecular formula is C24H17ClN4O2S. The second kappa shape index (κ2) is 8.61. The zero-order chi connectivity index (χ0) is 22.1. The zero-order valence-electron chi connectivity index (χ0n) is 16.7. The molecule has 2 amide bonds. The molecule has 0 saturated heterocycles. The fraction of sp³-hybridized carbons (Fsp3) is 0.0833.